The number of phenols is 2. The van der Waals surface area contributed by atoms with Crippen LogP contribution in [0.15, 0.2) is 82.7 Å². The molecule has 0 aliphatic carbocycles. The minimum Gasteiger partial charge on any atom is -0.543 e. The molecule has 0 bridgehead atoms. The zero-order valence-corrected chi connectivity index (χ0v) is 28.6. The Balaban J connectivity index is 1.14. The number of hydrogen-bond acceptors (Lipinski definition) is 13. The third-order valence-corrected chi connectivity index (χ3v) is 10.1. The summed E-state index contributed by atoms with van der Waals surface area (Å²) >= 11 is 2.26. The second-order valence-electron chi connectivity index (χ2n) is 12.1. The van der Waals surface area contributed by atoms with E-state index in [1.807, 2.05) is 47.3 Å². The number of carboxylic acids is 2. The number of pyridine rings is 1. The summed E-state index contributed by atoms with van der Waals surface area (Å²) in [6, 6.07) is 11.3. The first-order valence-corrected chi connectivity index (χ1v) is 17.2. The molecule has 2 aliphatic rings. The van der Waals surface area contributed by atoms with Gasteiger partial charge in [-0.15, -0.1) is 23.1 Å². The molecule has 4 aromatic rings. The molecule has 6 rings (SSSR count). The molecule has 1 saturated heterocycles. The number of carboxylic acid groups (broad SMARTS) is 2. The lowest BCUT2D eigenvalue weighted by molar-refractivity contribution is -0.687. The zero-order valence-electron chi connectivity index (χ0n) is 27.0. The van der Waals surface area contributed by atoms with Gasteiger partial charge in [0.25, 0.3) is 11.8 Å². The summed E-state index contributed by atoms with van der Waals surface area (Å²) in [6.45, 7) is 3.01. The number of fused-ring (bicyclic) bond motifs is 2. The fraction of sp³-hybridized carbons (Fsp3) is 0.206. The number of aromatic hydroxyl groups is 2. The lowest BCUT2D eigenvalue weighted by Gasteiger charge is -2.50. The average Bonchev–Trinajstić information content (AvgIpc) is 3.52. The highest BCUT2D eigenvalue weighted by Gasteiger charge is 2.53. The van der Waals surface area contributed by atoms with E-state index in [1.165, 1.54) is 43.1 Å². The smallest absolute Gasteiger partial charge is 0.350 e. The van der Waals surface area contributed by atoms with Crippen LogP contribution in [0.25, 0.3) is 16.8 Å². The molecule has 4 heterocycles. The van der Waals surface area contributed by atoms with E-state index in [0.717, 1.165) is 38.1 Å². The van der Waals surface area contributed by atoms with Crippen molar-refractivity contribution >= 4 is 74.5 Å². The first-order chi connectivity index (χ1) is 24.2. The summed E-state index contributed by atoms with van der Waals surface area (Å²) < 4.78 is 1.94. The normalized spacial score (nSPS) is 17.7. The van der Waals surface area contributed by atoms with Gasteiger partial charge in [0.1, 0.15) is 17.1 Å². The molecule has 1 fully saturated rings. The van der Waals surface area contributed by atoms with E-state index in [4.69, 9.17) is 10.6 Å². The number of rotatable bonds is 11. The number of anilines is 1. The van der Waals surface area contributed by atoms with Gasteiger partial charge in [-0.25, -0.2) is 14.3 Å². The second kappa shape index (κ2) is 13.8. The Morgan fingerprint density at radius 2 is 1.86 bits per heavy atom. The first kappa shape index (κ1) is 34.9. The topological polar surface area (TPSA) is 232 Å². The van der Waals surface area contributed by atoms with Gasteiger partial charge in [0.15, 0.2) is 41.3 Å². The van der Waals surface area contributed by atoms with Crippen LogP contribution in [0, 0.1) is 0 Å². The molecule has 2 amide bonds. The van der Waals surface area contributed by atoms with Crippen molar-refractivity contribution in [3.8, 4) is 11.5 Å². The van der Waals surface area contributed by atoms with Crippen molar-refractivity contribution in [3.63, 3.8) is 0 Å². The van der Waals surface area contributed by atoms with Crippen molar-refractivity contribution in [2.24, 2.45) is 5.16 Å². The van der Waals surface area contributed by atoms with E-state index in [1.54, 1.807) is 12.2 Å². The summed E-state index contributed by atoms with van der Waals surface area (Å²) in [6.07, 6.45) is 7.06. The molecule has 0 radical (unpaired) electrons. The highest BCUT2D eigenvalue weighted by molar-refractivity contribution is 8.00. The van der Waals surface area contributed by atoms with Gasteiger partial charge >= 0.3 is 5.97 Å². The fourth-order valence-electron chi connectivity index (χ4n) is 5.27. The Morgan fingerprint density at radius 3 is 2.51 bits per heavy atom. The number of β-lactam (4-membered cyclic amide) rings is 1. The lowest BCUT2D eigenvalue weighted by atomic mass is 10.0. The van der Waals surface area contributed by atoms with Gasteiger partial charge < -0.3 is 41.1 Å². The standard InChI is InChI=1S/C34H30N6O9S2/c1-34(2,32(47)48)49-38-25(22-16-51-33(35)36-22)28(43)37-26-29(44)40-27(31(45)46)20(15-50-30(26)40)8-7-17-3-5-18(6-4-17)13-39-10-9-19-11-23(41)24(42)12-21(19)14-39/h3-12,14,16,26,30H,13,15H2,1-2H3,(H6,35,36,37,42,43,45,46,47,48)/b8-7+,38-25-/t26-,30-/m1/s1. The van der Waals surface area contributed by atoms with Gasteiger partial charge in [-0.3, -0.25) is 14.5 Å². The van der Waals surface area contributed by atoms with Crippen molar-refractivity contribution in [1.29, 1.82) is 0 Å². The number of thiazole rings is 1. The van der Waals surface area contributed by atoms with Crippen LogP contribution in [-0.4, -0.2) is 77.4 Å². The van der Waals surface area contributed by atoms with Crippen LogP contribution in [0.1, 0.15) is 30.7 Å². The number of allylic oxidation sites excluding steroid dienone is 1. The Kier molecular flexibility index (Phi) is 9.42. The molecule has 17 heteroatoms. The molecule has 2 aliphatic heterocycles. The van der Waals surface area contributed by atoms with Crippen molar-refractivity contribution in [3.05, 3.63) is 94.4 Å². The number of aromatic nitrogens is 2. The quantitative estimate of drug-likeness (QED) is 0.0484. The van der Waals surface area contributed by atoms with Gasteiger partial charge in [-0.1, -0.05) is 41.6 Å². The fourth-order valence-corrected chi connectivity index (χ4v) is 7.14. The third-order valence-electron chi connectivity index (χ3n) is 8.09. The summed E-state index contributed by atoms with van der Waals surface area (Å²) in [5.74, 6) is -4.65. The number of benzene rings is 2. The number of oxime groups is 1. The number of nitrogens with one attached hydrogen (secondary N) is 1. The molecule has 6 N–H and O–H groups in total. The molecule has 0 unspecified atom stereocenters. The Morgan fingerprint density at radius 1 is 1.16 bits per heavy atom. The molecule has 0 spiro atoms. The van der Waals surface area contributed by atoms with Crippen LogP contribution in [0.5, 0.6) is 11.5 Å². The molecule has 2 aromatic carbocycles. The van der Waals surface area contributed by atoms with Crippen LogP contribution < -0.4 is 20.7 Å². The number of carbonyl (C=O) groups is 4. The molecular weight excluding hydrogens is 701 g/mol. The van der Waals surface area contributed by atoms with Crippen LogP contribution >= 0.6 is 23.1 Å². The Bertz CT molecular complexity index is 2180. The van der Waals surface area contributed by atoms with Gasteiger partial charge in [-0.05, 0) is 42.5 Å². The Labute approximate surface area is 298 Å². The third kappa shape index (κ3) is 7.20. The zero-order chi connectivity index (χ0) is 36.6. The molecular formula is C34H30N6O9S2. The van der Waals surface area contributed by atoms with Crippen molar-refractivity contribution in [2.75, 3.05) is 11.5 Å². The van der Waals surface area contributed by atoms with E-state index in [9.17, 15) is 39.6 Å². The number of phenolic OH excluding ortho intramolecular Hbond substituents is 2. The predicted molar refractivity (Wildman–Crippen MR) is 185 cm³/mol. The van der Waals surface area contributed by atoms with Crippen LogP contribution in [-0.2, 0) is 30.6 Å². The van der Waals surface area contributed by atoms with Crippen molar-refractivity contribution in [2.45, 2.75) is 37.4 Å². The number of nitrogens with zero attached hydrogens (tertiary/aromatic N) is 4. The number of amides is 2. The molecule has 0 saturated carbocycles. The van der Waals surface area contributed by atoms with Crippen LogP contribution in [0.4, 0.5) is 5.13 Å². The second-order valence-corrected chi connectivity index (χ2v) is 14.1. The number of nitrogens with two attached hydrogens (primary N) is 1. The summed E-state index contributed by atoms with van der Waals surface area (Å²) in [7, 11) is 0. The Hall–Kier alpha value is -5.94. The average molecular weight is 731 g/mol. The summed E-state index contributed by atoms with van der Waals surface area (Å²) in [5.41, 5.74) is 5.32. The SMILES string of the molecule is CC(C)(O/N=C(\C(=O)N[C@@H]1C(=O)N2C(C(=O)[O-])=C(/C=C/c3ccc(C[n+]4ccc5cc(O)c(O)cc5c4)cc3)CS[C@H]12)c1csc(N)n1)C(=O)O. The van der Waals surface area contributed by atoms with Crippen LogP contribution in [0.2, 0.25) is 0 Å². The minimum absolute atomic E-state index is 0.00220. The summed E-state index contributed by atoms with van der Waals surface area (Å²) in [5, 5.41) is 49.8. The monoisotopic (exact) mass is 730 g/mol. The maximum Gasteiger partial charge on any atom is 0.350 e. The molecule has 2 atom stereocenters. The van der Waals surface area contributed by atoms with E-state index in [2.05, 4.69) is 15.5 Å². The van der Waals surface area contributed by atoms with Crippen LogP contribution in [0.3, 0.4) is 0 Å². The van der Waals surface area contributed by atoms with Crippen molar-refractivity contribution < 1.29 is 49.0 Å². The minimum atomic E-state index is -1.79. The maximum absolute atomic E-state index is 13.3. The number of aliphatic carboxylic acids is 2. The molecule has 2 aromatic heterocycles. The van der Waals surface area contributed by atoms with E-state index in [-0.39, 0.29) is 33.8 Å². The largest absolute Gasteiger partial charge is 0.543 e. The number of carbonyl (C=O) groups excluding carboxylic acids is 3. The predicted octanol–water partition coefficient (Wildman–Crippen LogP) is 1.33. The highest BCUT2D eigenvalue weighted by Crippen LogP contribution is 2.40. The van der Waals surface area contributed by atoms with E-state index in [0.29, 0.717) is 12.1 Å². The number of thioether (sulfide) groups is 1. The van der Waals surface area contributed by atoms with Gasteiger partial charge in [0.2, 0.25) is 5.60 Å². The van der Waals surface area contributed by atoms with Crippen molar-refractivity contribution in [1.82, 2.24) is 15.2 Å². The molecule has 15 nitrogen and oxygen atoms in total. The highest BCUT2D eigenvalue weighted by atomic mass is 32.2. The molecule has 51 heavy (non-hydrogen) atoms. The number of hydrogen-bond donors (Lipinski definition) is 5. The number of nitrogen functional groups attached to an aromatic ring is 1. The van der Waals surface area contributed by atoms with E-state index >= 15 is 0 Å². The molecule has 262 valence electrons. The lowest BCUT2D eigenvalue weighted by Crippen LogP contribution is -2.71. The maximum atomic E-state index is 13.3. The van der Waals surface area contributed by atoms with Gasteiger partial charge in [0.05, 0.1) is 11.7 Å². The first-order valence-electron chi connectivity index (χ1n) is 15.2. The summed E-state index contributed by atoms with van der Waals surface area (Å²) in [4.78, 5) is 60.5. The van der Waals surface area contributed by atoms with E-state index < -0.39 is 46.5 Å². The van der Waals surface area contributed by atoms with Gasteiger partial charge in [-0.2, -0.15) is 0 Å². The van der Waals surface area contributed by atoms with Gasteiger partial charge in [0, 0.05) is 28.1 Å².